The Labute approximate surface area is 128 Å². The van der Waals surface area contributed by atoms with Gasteiger partial charge in [-0.25, -0.2) is 0 Å². The maximum Gasteiger partial charge on any atom is 0.310 e. The predicted molar refractivity (Wildman–Crippen MR) is 81.5 cm³/mol. The molecule has 1 saturated heterocycles. The summed E-state index contributed by atoms with van der Waals surface area (Å²) >= 11 is 0. The highest BCUT2D eigenvalue weighted by Gasteiger charge is 2.37. The Morgan fingerprint density at radius 2 is 2.14 bits per heavy atom. The van der Waals surface area contributed by atoms with Crippen LogP contribution in [0.5, 0.6) is 0 Å². The Balaban J connectivity index is 2.01. The Morgan fingerprint density at radius 3 is 2.81 bits per heavy atom. The summed E-state index contributed by atoms with van der Waals surface area (Å²) in [5.74, 6) is 0.815. The molecule has 2 rings (SSSR count). The molecular weight excluding hydrogens is 264 g/mol. The Bertz CT molecular complexity index is 391. The first-order chi connectivity index (χ1) is 10.2. The van der Waals surface area contributed by atoms with Crippen molar-refractivity contribution in [3.8, 4) is 6.07 Å². The molecular formula is C17H28N2O2. The maximum atomic E-state index is 12.0. The van der Waals surface area contributed by atoms with Crippen LogP contribution in [0.4, 0.5) is 0 Å². The van der Waals surface area contributed by atoms with Crippen LogP contribution in [0.2, 0.25) is 0 Å². The summed E-state index contributed by atoms with van der Waals surface area (Å²) in [5, 5.41) is 9.44. The Morgan fingerprint density at radius 1 is 1.33 bits per heavy atom. The third-order valence-corrected chi connectivity index (χ3v) is 5.21. The number of likely N-dealkylation sites (tertiary alicyclic amines) is 1. The molecule has 0 radical (unpaired) electrons. The lowest BCUT2D eigenvalue weighted by Gasteiger charge is -2.43. The van der Waals surface area contributed by atoms with Crippen molar-refractivity contribution >= 4 is 5.97 Å². The fourth-order valence-electron chi connectivity index (χ4n) is 3.92. The van der Waals surface area contributed by atoms with Crippen LogP contribution in [0.3, 0.4) is 0 Å². The number of rotatable bonds is 4. The van der Waals surface area contributed by atoms with Gasteiger partial charge >= 0.3 is 5.97 Å². The Hall–Kier alpha value is -1.08. The molecule has 0 bridgehead atoms. The molecule has 1 aliphatic heterocycles. The second kappa shape index (κ2) is 7.79. The van der Waals surface area contributed by atoms with E-state index in [1.807, 2.05) is 6.92 Å². The Kier molecular flexibility index (Phi) is 6.05. The normalized spacial score (nSPS) is 34.1. The number of piperidine rings is 1. The molecule has 4 unspecified atom stereocenters. The van der Waals surface area contributed by atoms with Gasteiger partial charge in [0.1, 0.15) is 0 Å². The van der Waals surface area contributed by atoms with Gasteiger partial charge in [0.25, 0.3) is 0 Å². The van der Waals surface area contributed by atoms with Crippen molar-refractivity contribution in [1.29, 1.82) is 5.26 Å². The van der Waals surface area contributed by atoms with E-state index in [-0.39, 0.29) is 17.8 Å². The van der Waals surface area contributed by atoms with Gasteiger partial charge in [0.2, 0.25) is 0 Å². The molecule has 0 aromatic rings. The summed E-state index contributed by atoms with van der Waals surface area (Å²) in [7, 11) is 0. The third kappa shape index (κ3) is 3.97. The average Bonchev–Trinajstić information content (AvgIpc) is 2.54. The number of nitriles is 1. The number of hydrogen-bond donors (Lipinski definition) is 0. The molecule has 0 aromatic heterocycles. The molecule has 4 nitrogen and oxygen atoms in total. The molecule has 2 aliphatic rings. The molecule has 0 aromatic carbocycles. The molecule has 1 heterocycles. The summed E-state index contributed by atoms with van der Waals surface area (Å²) in [5.41, 5.74) is 0. The summed E-state index contributed by atoms with van der Waals surface area (Å²) < 4.78 is 5.18. The van der Waals surface area contributed by atoms with Gasteiger partial charge in [-0.15, -0.1) is 0 Å². The van der Waals surface area contributed by atoms with Gasteiger partial charge in [-0.3, -0.25) is 9.69 Å². The molecule has 21 heavy (non-hydrogen) atoms. The van der Waals surface area contributed by atoms with Gasteiger partial charge in [-0.05, 0) is 51.5 Å². The van der Waals surface area contributed by atoms with Gasteiger partial charge in [-0.2, -0.15) is 5.26 Å². The largest absolute Gasteiger partial charge is 0.466 e. The zero-order valence-electron chi connectivity index (χ0n) is 13.4. The third-order valence-electron chi connectivity index (χ3n) is 5.21. The highest BCUT2D eigenvalue weighted by atomic mass is 16.5. The van der Waals surface area contributed by atoms with E-state index in [0.717, 1.165) is 44.7 Å². The van der Waals surface area contributed by atoms with Crippen LogP contribution in [-0.2, 0) is 9.53 Å². The van der Waals surface area contributed by atoms with Crippen molar-refractivity contribution in [2.45, 2.75) is 58.4 Å². The van der Waals surface area contributed by atoms with Gasteiger partial charge in [0.05, 0.1) is 24.5 Å². The lowest BCUT2D eigenvalue weighted by molar-refractivity contribution is -0.150. The zero-order valence-corrected chi connectivity index (χ0v) is 13.4. The smallest absolute Gasteiger partial charge is 0.310 e. The van der Waals surface area contributed by atoms with Crippen LogP contribution in [0.1, 0.15) is 52.4 Å². The molecule has 1 aliphatic carbocycles. The fourth-order valence-corrected chi connectivity index (χ4v) is 3.92. The lowest BCUT2D eigenvalue weighted by atomic mass is 9.76. The monoisotopic (exact) mass is 292 g/mol. The molecule has 4 heteroatoms. The van der Waals surface area contributed by atoms with E-state index >= 15 is 0 Å². The van der Waals surface area contributed by atoms with Crippen molar-refractivity contribution in [1.82, 2.24) is 4.90 Å². The molecule has 1 saturated carbocycles. The van der Waals surface area contributed by atoms with E-state index in [2.05, 4.69) is 17.9 Å². The number of hydrogen-bond acceptors (Lipinski definition) is 4. The second-order valence-corrected chi connectivity index (χ2v) is 6.48. The lowest BCUT2D eigenvalue weighted by Crippen LogP contribution is -2.49. The van der Waals surface area contributed by atoms with Crippen LogP contribution in [0.15, 0.2) is 0 Å². The fraction of sp³-hybridized carbons (Fsp3) is 0.882. The highest BCUT2D eigenvalue weighted by molar-refractivity contribution is 5.72. The van der Waals surface area contributed by atoms with Gasteiger partial charge in [0.15, 0.2) is 0 Å². The molecule has 118 valence electrons. The first-order valence-corrected chi connectivity index (χ1v) is 8.49. The van der Waals surface area contributed by atoms with Crippen LogP contribution < -0.4 is 0 Å². The van der Waals surface area contributed by atoms with Crippen LogP contribution in [0.25, 0.3) is 0 Å². The molecule has 4 atom stereocenters. The minimum absolute atomic E-state index is 0.0000425. The molecule has 0 spiro atoms. The van der Waals surface area contributed by atoms with Gasteiger partial charge in [-0.1, -0.05) is 13.3 Å². The zero-order chi connectivity index (χ0) is 15.2. The minimum atomic E-state index is -0.0569. The standard InChI is InChI=1S/C17H28N2O2/c1-3-13-7-8-14(11-18)16(10-13)19-9-5-6-15(12-19)17(20)21-4-2/h13-16H,3-10,12H2,1-2H3. The van der Waals surface area contributed by atoms with Crippen molar-refractivity contribution in [2.75, 3.05) is 19.7 Å². The number of nitrogens with zero attached hydrogens (tertiary/aromatic N) is 2. The molecule has 0 N–H and O–H groups in total. The number of ether oxygens (including phenoxy) is 1. The van der Waals surface area contributed by atoms with E-state index in [9.17, 15) is 10.1 Å². The first kappa shape index (κ1) is 16.3. The van der Waals surface area contributed by atoms with E-state index in [1.165, 1.54) is 12.8 Å². The van der Waals surface area contributed by atoms with E-state index in [0.29, 0.717) is 12.6 Å². The number of esters is 1. The average molecular weight is 292 g/mol. The van der Waals surface area contributed by atoms with Crippen LogP contribution in [-0.4, -0.2) is 36.6 Å². The van der Waals surface area contributed by atoms with Gasteiger partial charge < -0.3 is 4.74 Å². The molecule has 2 fully saturated rings. The summed E-state index contributed by atoms with van der Waals surface area (Å²) in [6, 6.07) is 2.85. The van der Waals surface area contributed by atoms with Crippen LogP contribution in [0, 0.1) is 29.1 Å². The summed E-state index contributed by atoms with van der Waals surface area (Å²) in [6.45, 7) is 6.36. The minimum Gasteiger partial charge on any atom is -0.466 e. The first-order valence-electron chi connectivity index (χ1n) is 8.49. The maximum absolute atomic E-state index is 12.0. The number of carbonyl (C=O) groups excluding carboxylic acids is 1. The van der Waals surface area contributed by atoms with Crippen LogP contribution >= 0.6 is 0 Å². The van der Waals surface area contributed by atoms with Gasteiger partial charge in [0, 0.05) is 12.6 Å². The van der Waals surface area contributed by atoms with E-state index in [4.69, 9.17) is 4.74 Å². The second-order valence-electron chi connectivity index (χ2n) is 6.48. The van der Waals surface area contributed by atoms with Crippen molar-refractivity contribution in [3.05, 3.63) is 0 Å². The quantitative estimate of drug-likeness (QED) is 0.748. The van der Waals surface area contributed by atoms with Crippen molar-refractivity contribution in [3.63, 3.8) is 0 Å². The highest BCUT2D eigenvalue weighted by Crippen LogP contribution is 2.35. The van der Waals surface area contributed by atoms with E-state index < -0.39 is 0 Å². The summed E-state index contributed by atoms with van der Waals surface area (Å²) in [6.07, 6.45) is 6.47. The van der Waals surface area contributed by atoms with Crippen molar-refractivity contribution in [2.24, 2.45) is 17.8 Å². The predicted octanol–water partition coefficient (Wildman–Crippen LogP) is 2.98. The van der Waals surface area contributed by atoms with E-state index in [1.54, 1.807) is 0 Å². The molecule has 0 amide bonds. The van der Waals surface area contributed by atoms with Crippen molar-refractivity contribution < 1.29 is 9.53 Å². The number of carbonyl (C=O) groups is 1. The SMILES string of the molecule is CCOC(=O)C1CCCN(C2CC(CC)CCC2C#N)C1. The summed E-state index contributed by atoms with van der Waals surface area (Å²) in [4.78, 5) is 14.4. The topological polar surface area (TPSA) is 53.3 Å².